The van der Waals surface area contributed by atoms with Gasteiger partial charge >= 0.3 is 6.29 Å². The summed E-state index contributed by atoms with van der Waals surface area (Å²) in [7, 11) is 0. The van der Waals surface area contributed by atoms with Crippen molar-refractivity contribution in [3.8, 4) is 17.2 Å². The lowest BCUT2D eigenvalue weighted by atomic mass is 10.2. The highest BCUT2D eigenvalue weighted by Crippen LogP contribution is 2.42. The maximum absolute atomic E-state index is 14.1. The Balaban J connectivity index is 1.57. The fourth-order valence-electron chi connectivity index (χ4n) is 2.62. The summed E-state index contributed by atoms with van der Waals surface area (Å²) in [6.45, 7) is 1.66. The van der Waals surface area contributed by atoms with Gasteiger partial charge in [0.05, 0.1) is 11.2 Å². The van der Waals surface area contributed by atoms with Gasteiger partial charge in [0.1, 0.15) is 5.75 Å². The van der Waals surface area contributed by atoms with Crippen LogP contribution in [0.3, 0.4) is 0 Å². The number of halogens is 4. The summed E-state index contributed by atoms with van der Waals surface area (Å²) >= 11 is 5.94. The van der Waals surface area contributed by atoms with Gasteiger partial charge in [0.25, 0.3) is 0 Å². The monoisotopic (exact) mass is 424 g/mol. The second-order valence-electron chi connectivity index (χ2n) is 6.09. The molecule has 0 bridgehead atoms. The molecule has 0 amide bonds. The van der Waals surface area contributed by atoms with Gasteiger partial charge in [-0.15, -0.1) is 8.78 Å². The molecule has 1 aromatic heterocycles. The number of nitrogens with one attached hydrogen (secondary N) is 2. The van der Waals surface area contributed by atoms with Gasteiger partial charge in [-0.1, -0.05) is 11.6 Å². The van der Waals surface area contributed by atoms with E-state index in [0.717, 1.165) is 6.20 Å². The molecule has 0 radical (unpaired) electrons. The first-order valence-electron chi connectivity index (χ1n) is 8.16. The predicted molar refractivity (Wildman–Crippen MR) is 99.1 cm³/mol. The largest absolute Gasteiger partial charge is 0.586 e. The van der Waals surface area contributed by atoms with Crippen LogP contribution < -0.4 is 20.1 Å². The minimum absolute atomic E-state index is 0.0438. The molecule has 0 fully saturated rings. The number of ether oxygens (including phenoxy) is 2. The van der Waals surface area contributed by atoms with Gasteiger partial charge in [-0.3, -0.25) is 0 Å². The second kappa shape index (κ2) is 6.89. The van der Waals surface area contributed by atoms with E-state index in [1.54, 1.807) is 13.0 Å². The topological polar surface area (TPSA) is 88.5 Å². The standard InChI is InChI=1S/C18H12ClF3N4O3/c1-8-4-10(5-11(19)15(8)27)25-17-23-7-12(20)16(26-17)24-9-2-3-13-14(6-9)29-18(21,22)28-13/h2-7,27H,1H3,(H2,23,24,25,26). The Morgan fingerprint density at radius 1 is 1.07 bits per heavy atom. The molecule has 4 rings (SSSR count). The van der Waals surface area contributed by atoms with Crippen LogP contribution in [0.1, 0.15) is 5.56 Å². The lowest BCUT2D eigenvalue weighted by Gasteiger charge is -2.11. The van der Waals surface area contributed by atoms with Crippen molar-refractivity contribution in [2.24, 2.45) is 0 Å². The number of anilines is 4. The van der Waals surface area contributed by atoms with Crippen LogP contribution in [0.4, 0.5) is 36.3 Å². The van der Waals surface area contributed by atoms with Crippen LogP contribution in [0, 0.1) is 12.7 Å². The highest BCUT2D eigenvalue weighted by molar-refractivity contribution is 6.32. The minimum atomic E-state index is -3.75. The molecule has 2 heterocycles. The Kier molecular flexibility index (Phi) is 4.50. The van der Waals surface area contributed by atoms with Gasteiger partial charge in [0.2, 0.25) is 5.95 Å². The first kappa shape index (κ1) is 18.9. The van der Waals surface area contributed by atoms with Crippen LogP contribution >= 0.6 is 11.6 Å². The molecule has 0 saturated heterocycles. The highest BCUT2D eigenvalue weighted by atomic mass is 35.5. The fourth-order valence-corrected chi connectivity index (χ4v) is 2.88. The van der Waals surface area contributed by atoms with Gasteiger partial charge in [0, 0.05) is 17.4 Å². The first-order valence-corrected chi connectivity index (χ1v) is 8.53. The number of alkyl halides is 2. The normalized spacial score (nSPS) is 14.0. The molecule has 2 aromatic carbocycles. The molecule has 3 N–H and O–H groups in total. The number of fused-ring (bicyclic) bond motifs is 1. The third kappa shape index (κ3) is 3.92. The van der Waals surface area contributed by atoms with Gasteiger partial charge in [-0.2, -0.15) is 4.98 Å². The minimum Gasteiger partial charge on any atom is -0.506 e. The number of aryl methyl sites for hydroxylation is 1. The third-order valence-electron chi connectivity index (χ3n) is 3.92. The number of aromatic hydroxyl groups is 1. The Hall–Kier alpha value is -3.40. The van der Waals surface area contributed by atoms with Crippen LogP contribution in [-0.2, 0) is 0 Å². The van der Waals surface area contributed by atoms with Crippen LogP contribution in [0.5, 0.6) is 17.2 Å². The average Bonchev–Trinajstić information content (AvgIpc) is 2.95. The molecule has 0 unspecified atom stereocenters. The predicted octanol–water partition coefficient (Wildman–Crippen LogP) is 5.09. The van der Waals surface area contributed by atoms with Crippen molar-refractivity contribution in [2.45, 2.75) is 13.2 Å². The molecule has 1 aliphatic rings. The highest BCUT2D eigenvalue weighted by Gasteiger charge is 2.43. The molecule has 1 aliphatic heterocycles. The lowest BCUT2D eigenvalue weighted by molar-refractivity contribution is -0.286. The zero-order valence-corrected chi connectivity index (χ0v) is 15.4. The molecular weight excluding hydrogens is 413 g/mol. The molecule has 150 valence electrons. The van der Waals surface area contributed by atoms with Crippen molar-refractivity contribution < 1.29 is 27.8 Å². The van der Waals surface area contributed by atoms with Gasteiger partial charge in [0.15, 0.2) is 23.1 Å². The third-order valence-corrected chi connectivity index (χ3v) is 4.21. The van der Waals surface area contributed by atoms with E-state index in [4.69, 9.17) is 11.6 Å². The summed E-state index contributed by atoms with van der Waals surface area (Å²) in [5.41, 5.74) is 1.25. The van der Waals surface area contributed by atoms with Gasteiger partial charge < -0.3 is 25.2 Å². The Labute approximate surface area is 167 Å². The van der Waals surface area contributed by atoms with Gasteiger partial charge in [-0.25, -0.2) is 9.37 Å². The lowest BCUT2D eigenvalue weighted by Crippen LogP contribution is -2.25. The quantitative estimate of drug-likeness (QED) is 0.502. The van der Waals surface area contributed by atoms with E-state index in [1.807, 2.05) is 0 Å². The van der Waals surface area contributed by atoms with Crippen LogP contribution in [0.2, 0.25) is 5.02 Å². The number of phenols is 1. The van der Waals surface area contributed by atoms with Crippen molar-refractivity contribution in [2.75, 3.05) is 10.6 Å². The number of hydrogen-bond donors (Lipinski definition) is 3. The molecule has 29 heavy (non-hydrogen) atoms. The Bertz CT molecular complexity index is 1090. The number of hydrogen-bond acceptors (Lipinski definition) is 7. The van der Waals surface area contributed by atoms with E-state index < -0.39 is 12.1 Å². The SMILES string of the molecule is Cc1cc(Nc2ncc(F)c(Nc3ccc4c(c3)OC(F)(F)O4)n2)cc(Cl)c1O. The van der Waals surface area contributed by atoms with E-state index in [9.17, 15) is 18.3 Å². The summed E-state index contributed by atoms with van der Waals surface area (Å²) in [6, 6.07) is 6.97. The van der Waals surface area contributed by atoms with E-state index in [0.29, 0.717) is 11.3 Å². The number of rotatable bonds is 4. The molecular formula is C18H12ClF3N4O3. The van der Waals surface area contributed by atoms with E-state index in [2.05, 4.69) is 30.1 Å². The number of benzene rings is 2. The zero-order chi connectivity index (χ0) is 20.8. The molecule has 7 nitrogen and oxygen atoms in total. The number of phenolic OH excluding ortho intramolecular Hbond substituents is 1. The number of nitrogens with zero attached hydrogens (tertiary/aromatic N) is 2. The molecule has 0 aliphatic carbocycles. The second-order valence-corrected chi connectivity index (χ2v) is 6.50. The Morgan fingerprint density at radius 2 is 1.83 bits per heavy atom. The van der Waals surface area contributed by atoms with Crippen molar-refractivity contribution in [1.82, 2.24) is 9.97 Å². The molecule has 0 atom stereocenters. The van der Waals surface area contributed by atoms with Crippen molar-refractivity contribution in [3.05, 3.63) is 52.9 Å². The van der Waals surface area contributed by atoms with Crippen molar-refractivity contribution in [3.63, 3.8) is 0 Å². The summed E-state index contributed by atoms with van der Waals surface area (Å²) < 4.78 is 49.1. The zero-order valence-electron chi connectivity index (χ0n) is 14.6. The molecule has 11 heteroatoms. The van der Waals surface area contributed by atoms with Crippen molar-refractivity contribution in [1.29, 1.82) is 0 Å². The van der Waals surface area contributed by atoms with E-state index in [1.165, 1.54) is 24.3 Å². The van der Waals surface area contributed by atoms with E-state index >= 15 is 0 Å². The maximum atomic E-state index is 14.1. The van der Waals surface area contributed by atoms with Crippen LogP contribution in [-0.4, -0.2) is 21.4 Å². The van der Waals surface area contributed by atoms with Gasteiger partial charge in [-0.05, 0) is 36.8 Å². The van der Waals surface area contributed by atoms with Crippen LogP contribution in [0.25, 0.3) is 0 Å². The summed E-state index contributed by atoms with van der Waals surface area (Å²) in [6.07, 6.45) is -2.81. The Morgan fingerprint density at radius 3 is 2.59 bits per heavy atom. The van der Waals surface area contributed by atoms with Crippen LogP contribution in [0.15, 0.2) is 36.5 Å². The number of aromatic nitrogens is 2. The molecule has 0 saturated carbocycles. The molecule has 3 aromatic rings. The summed E-state index contributed by atoms with van der Waals surface area (Å²) in [5, 5.41) is 15.4. The summed E-state index contributed by atoms with van der Waals surface area (Å²) in [5.74, 6) is -1.30. The average molecular weight is 425 g/mol. The molecule has 0 spiro atoms. The maximum Gasteiger partial charge on any atom is 0.586 e. The summed E-state index contributed by atoms with van der Waals surface area (Å²) in [4.78, 5) is 7.88. The van der Waals surface area contributed by atoms with Crippen molar-refractivity contribution >= 4 is 34.7 Å². The fraction of sp³-hybridized carbons (Fsp3) is 0.111. The first-order chi connectivity index (χ1) is 13.7. The smallest absolute Gasteiger partial charge is 0.506 e. The van der Waals surface area contributed by atoms with E-state index in [-0.39, 0.29) is 39.7 Å².